The van der Waals surface area contributed by atoms with Crippen LogP contribution in [0.4, 0.5) is 0 Å². The first-order valence-corrected chi connectivity index (χ1v) is 17.9. The van der Waals surface area contributed by atoms with Crippen LogP contribution in [-0.4, -0.2) is 83.8 Å². The maximum absolute atomic E-state index is 13.9. The molecule has 6 rings (SSSR count). The number of benzene rings is 2. The van der Waals surface area contributed by atoms with Crippen molar-refractivity contribution >= 4 is 29.8 Å². The summed E-state index contributed by atoms with van der Waals surface area (Å²) in [5.41, 5.74) is -2.94. The lowest BCUT2D eigenvalue weighted by atomic mass is 9.70. The molecule has 1 aliphatic carbocycles. The number of carbonyl (C=O) groups is 5. The quantitative estimate of drug-likeness (QED) is 0.209. The number of hydrogen-bond acceptors (Lipinski definition) is 12. The van der Waals surface area contributed by atoms with Gasteiger partial charge in [-0.1, -0.05) is 64.1 Å². The van der Waals surface area contributed by atoms with E-state index in [9.17, 15) is 24.0 Å². The Morgan fingerprint density at radius 2 is 1.17 bits per heavy atom. The molecule has 3 aliphatic heterocycles. The van der Waals surface area contributed by atoms with Crippen LogP contribution in [-0.2, 0) is 47.5 Å². The molecule has 0 amide bonds. The number of rotatable bonds is 7. The van der Waals surface area contributed by atoms with Crippen molar-refractivity contribution in [1.29, 1.82) is 0 Å². The highest BCUT2D eigenvalue weighted by atomic mass is 16.7. The molecule has 280 valence electrons. The van der Waals surface area contributed by atoms with Gasteiger partial charge in [0.25, 0.3) is 0 Å². The molecule has 2 bridgehead atoms. The molecule has 2 aromatic carbocycles. The largest absolute Gasteiger partial charge is 0.462 e. The van der Waals surface area contributed by atoms with Gasteiger partial charge >= 0.3 is 29.8 Å². The zero-order valence-electron chi connectivity index (χ0n) is 30.9. The van der Waals surface area contributed by atoms with Gasteiger partial charge in [-0.15, -0.1) is 0 Å². The van der Waals surface area contributed by atoms with Crippen molar-refractivity contribution in [3.8, 4) is 0 Å². The first kappa shape index (κ1) is 37.5. The highest BCUT2D eigenvalue weighted by Crippen LogP contribution is 2.63. The zero-order chi connectivity index (χ0) is 37.7. The fourth-order valence-corrected chi connectivity index (χ4v) is 8.98. The van der Waals surface area contributed by atoms with Crippen molar-refractivity contribution in [2.24, 2.45) is 23.2 Å². The molecule has 2 aromatic rings. The molecule has 12 heteroatoms. The van der Waals surface area contributed by atoms with Crippen molar-refractivity contribution in [2.75, 3.05) is 0 Å². The van der Waals surface area contributed by atoms with Crippen molar-refractivity contribution < 1.29 is 57.1 Å². The number of epoxide rings is 1. The van der Waals surface area contributed by atoms with Crippen LogP contribution in [0.3, 0.4) is 0 Å². The van der Waals surface area contributed by atoms with Gasteiger partial charge in [-0.2, -0.15) is 0 Å². The topological polar surface area (TPSA) is 153 Å². The summed E-state index contributed by atoms with van der Waals surface area (Å²) in [4.78, 5) is 65.8. The van der Waals surface area contributed by atoms with Gasteiger partial charge in [-0.05, 0) is 43.5 Å². The molecule has 4 aliphatic rings. The average Bonchev–Trinajstić information content (AvgIpc) is 3.59. The Morgan fingerprint density at radius 1 is 0.654 bits per heavy atom. The summed E-state index contributed by atoms with van der Waals surface area (Å²) in [6.07, 6.45) is -6.02. The summed E-state index contributed by atoms with van der Waals surface area (Å²) in [6, 6.07) is 17.2. The second-order valence-corrected chi connectivity index (χ2v) is 15.5. The third-order valence-corrected chi connectivity index (χ3v) is 11.5. The van der Waals surface area contributed by atoms with Gasteiger partial charge in [0, 0.05) is 38.5 Å². The molecule has 12 unspecified atom stereocenters. The van der Waals surface area contributed by atoms with Crippen LogP contribution >= 0.6 is 0 Å². The van der Waals surface area contributed by atoms with E-state index in [4.69, 9.17) is 33.2 Å². The molecule has 1 spiro atoms. The van der Waals surface area contributed by atoms with E-state index >= 15 is 0 Å². The summed E-state index contributed by atoms with van der Waals surface area (Å²) >= 11 is 0. The summed E-state index contributed by atoms with van der Waals surface area (Å²) in [6.45, 7) is 13.1. The van der Waals surface area contributed by atoms with Crippen LogP contribution < -0.4 is 0 Å². The predicted molar refractivity (Wildman–Crippen MR) is 184 cm³/mol. The minimum absolute atomic E-state index is 0.00813. The van der Waals surface area contributed by atoms with Crippen molar-refractivity contribution in [1.82, 2.24) is 0 Å². The monoisotopic (exact) mass is 720 g/mol. The molecule has 52 heavy (non-hydrogen) atoms. The van der Waals surface area contributed by atoms with E-state index < -0.39 is 101 Å². The number of hydrogen-bond donors (Lipinski definition) is 0. The van der Waals surface area contributed by atoms with Crippen LogP contribution in [0.1, 0.15) is 88.9 Å². The van der Waals surface area contributed by atoms with Crippen molar-refractivity contribution in [3.05, 3.63) is 71.8 Å². The lowest BCUT2D eigenvalue weighted by Gasteiger charge is -2.43. The Kier molecular flexibility index (Phi) is 10.0. The number of ether oxygens (including phenoxy) is 7. The summed E-state index contributed by atoms with van der Waals surface area (Å²) < 4.78 is 44.7. The van der Waals surface area contributed by atoms with Gasteiger partial charge in [0.15, 0.2) is 0 Å². The molecule has 12 nitrogen and oxygen atoms in total. The average molecular weight is 721 g/mol. The standard InChI is InChI=1S/C40H48O12/c1-21-20-40-30(31(21)49-36(44)26-15-11-9-12-16-26)34-39(8,52-34)29(47-24(4)42)19-28(46-23(3)41)38(6,7)35(48-25(5)43)32(51-40)22(2)33(40)50-37(45)27-17-13-10-14-18-27/h9-18,21-22,28-35H,19-20H2,1-8H3. The van der Waals surface area contributed by atoms with E-state index in [0.717, 1.165) is 0 Å². The van der Waals surface area contributed by atoms with Crippen LogP contribution in [0.25, 0.3) is 0 Å². The van der Waals surface area contributed by atoms with E-state index in [1.807, 2.05) is 13.8 Å². The number of carbonyl (C=O) groups excluding carboxylic acids is 5. The molecule has 0 radical (unpaired) electrons. The Balaban J connectivity index is 1.54. The summed E-state index contributed by atoms with van der Waals surface area (Å²) in [7, 11) is 0. The minimum Gasteiger partial charge on any atom is -0.462 e. The Hall–Kier alpha value is -4.29. The van der Waals surface area contributed by atoms with E-state index in [1.165, 1.54) is 20.8 Å². The molecule has 3 saturated heterocycles. The molecule has 3 heterocycles. The molecule has 4 fully saturated rings. The Labute approximate surface area is 303 Å². The molecule has 1 saturated carbocycles. The second kappa shape index (κ2) is 13.9. The summed E-state index contributed by atoms with van der Waals surface area (Å²) in [5.74, 6) is -4.52. The summed E-state index contributed by atoms with van der Waals surface area (Å²) in [5, 5.41) is 0. The molecule has 12 atom stereocenters. The Bertz CT molecular complexity index is 1690. The van der Waals surface area contributed by atoms with Gasteiger partial charge in [0.05, 0.1) is 17.0 Å². The van der Waals surface area contributed by atoms with E-state index in [-0.39, 0.29) is 18.8 Å². The van der Waals surface area contributed by atoms with E-state index in [0.29, 0.717) is 11.1 Å². The van der Waals surface area contributed by atoms with Gasteiger partial charge < -0.3 is 33.2 Å². The van der Waals surface area contributed by atoms with Gasteiger partial charge in [-0.25, -0.2) is 9.59 Å². The van der Waals surface area contributed by atoms with Crippen LogP contribution in [0.15, 0.2) is 60.7 Å². The lowest BCUT2D eigenvalue weighted by Crippen LogP contribution is -2.54. The van der Waals surface area contributed by atoms with Crippen molar-refractivity contribution in [2.45, 2.75) is 122 Å². The first-order valence-electron chi connectivity index (χ1n) is 17.9. The minimum atomic E-state index is -1.32. The fraction of sp³-hybridized carbons (Fsp3) is 0.575. The van der Waals surface area contributed by atoms with Crippen molar-refractivity contribution in [3.63, 3.8) is 0 Å². The maximum Gasteiger partial charge on any atom is 0.338 e. The fourth-order valence-electron chi connectivity index (χ4n) is 8.98. The Morgan fingerprint density at radius 3 is 1.71 bits per heavy atom. The van der Waals surface area contributed by atoms with Crippen LogP contribution in [0.5, 0.6) is 0 Å². The highest BCUT2D eigenvalue weighted by Gasteiger charge is 2.77. The lowest BCUT2D eigenvalue weighted by molar-refractivity contribution is -0.201. The number of esters is 5. The van der Waals surface area contributed by atoms with E-state index in [2.05, 4.69) is 0 Å². The molecular formula is C40H48O12. The normalized spacial score (nSPS) is 37.2. The predicted octanol–water partition coefficient (Wildman–Crippen LogP) is 5.25. The van der Waals surface area contributed by atoms with E-state index in [1.54, 1.807) is 81.4 Å². The van der Waals surface area contributed by atoms with Gasteiger partial charge in [0.1, 0.15) is 53.9 Å². The molecule has 0 aromatic heterocycles. The second-order valence-electron chi connectivity index (χ2n) is 15.5. The zero-order valence-corrected chi connectivity index (χ0v) is 30.9. The number of fused-ring (bicyclic) bond motifs is 3. The van der Waals surface area contributed by atoms with Gasteiger partial charge in [-0.3, -0.25) is 14.4 Å². The molecular weight excluding hydrogens is 672 g/mol. The first-order chi connectivity index (χ1) is 24.5. The van der Waals surface area contributed by atoms with Gasteiger partial charge in [0.2, 0.25) is 0 Å². The SMILES string of the molecule is CC(=O)OC1CC(OC(C)=O)C2(C)OC2C2C(OC(=O)c3ccccc3)C(C)CC23OC(C(C)C3OC(=O)c2ccccc2)C(OC(C)=O)C1(C)C. The van der Waals surface area contributed by atoms with Crippen LogP contribution in [0.2, 0.25) is 0 Å². The highest BCUT2D eigenvalue weighted by molar-refractivity contribution is 5.90. The van der Waals surface area contributed by atoms with Crippen LogP contribution in [0, 0.1) is 23.2 Å². The maximum atomic E-state index is 13.9. The smallest absolute Gasteiger partial charge is 0.338 e. The third kappa shape index (κ3) is 6.71. The third-order valence-electron chi connectivity index (χ3n) is 11.5. The molecule has 0 N–H and O–H groups in total.